The van der Waals surface area contributed by atoms with Crippen LogP contribution >= 0.6 is 0 Å². The molecule has 5 rings (SSSR count). The summed E-state index contributed by atoms with van der Waals surface area (Å²) in [6.45, 7) is 4.36. The van der Waals surface area contributed by atoms with E-state index in [2.05, 4.69) is 4.98 Å². The lowest BCUT2D eigenvalue weighted by Crippen LogP contribution is -2.31. The molecular weight excluding hydrogens is 468 g/mol. The number of nitrogens with zero attached hydrogens (tertiary/aromatic N) is 1. The van der Waals surface area contributed by atoms with Gasteiger partial charge in [-0.2, -0.15) is 0 Å². The molecule has 7 nitrogen and oxygen atoms in total. The van der Waals surface area contributed by atoms with Gasteiger partial charge in [0.1, 0.15) is 0 Å². The van der Waals surface area contributed by atoms with Gasteiger partial charge in [0.05, 0.1) is 16.7 Å². The number of esters is 1. The standard InChI is InChI=1S/C30H26N2O5/c1-18(2)14-15-32-28(34)22-13-12-20(16-23(22)29(32)35)30(36)37-27(19-8-4-3-5-9-19)26(33)24-17-31-25-11-7-6-10-21(24)25/h3-13,16-18,27,31H,14-15H2,1-2H3. The Morgan fingerprint density at radius 3 is 2.35 bits per heavy atom. The maximum Gasteiger partial charge on any atom is 0.339 e. The van der Waals surface area contributed by atoms with Crippen LogP contribution in [0.2, 0.25) is 0 Å². The van der Waals surface area contributed by atoms with Gasteiger partial charge in [0.15, 0.2) is 6.10 Å². The second-order valence-corrected chi connectivity index (χ2v) is 9.51. The average molecular weight is 495 g/mol. The Kier molecular flexibility index (Phi) is 6.44. The Balaban J connectivity index is 1.44. The predicted octanol–water partition coefficient (Wildman–Crippen LogP) is 5.59. The topological polar surface area (TPSA) is 96.5 Å². The quantitative estimate of drug-likeness (QED) is 0.196. The Labute approximate surface area is 214 Å². The number of carbonyl (C=O) groups is 4. The van der Waals surface area contributed by atoms with E-state index in [1.54, 1.807) is 30.5 Å². The summed E-state index contributed by atoms with van der Waals surface area (Å²) < 4.78 is 5.77. The molecule has 0 saturated carbocycles. The lowest BCUT2D eigenvalue weighted by Gasteiger charge is -2.17. The number of benzene rings is 3. The van der Waals surface area contributed by atoms with Crippen molar-refractivity contribution in [3.8, 4) is 0 Å². The predicted molar refractivity (Wildman–Crippen MR) is 138 cm³/mol. The highest BCUT2D eigenvalue weighted by Gasteiger charge is 2.36. The van der Waals surface area contributed by atoms with Crippen molar-refractivity contribution in [2.75, 3.05) is 6.54 Å². The molecule has 3 aromatic carbocycles. The Bertz CT molecular complexity index is 1520. The number of para-hydroxylation sites is 1. The van der Waals surface area contributed by atoms with Crippen molar-refractivity contribution in [2.24, 2.45) is 5.92 Å². The number of aromatic nitrogens is 1. The molecule has 2 amide bonds. The van der Waals surface area contributed by atoms with Gasteiger partial charge in [-0.3, -0.25) is 19.3 Å². The summed E-state index contributed by atoms with van der Waals surface area (Å²) in [5.41, 5.74) is 2.26. The molecule has 1 unspecified atom stereocenters. The minimum absolute atomic E-state index is 0.0956. The van der Waals surface area contributed by atoms with Gasteiger partial charge < -0.3 is 9.72 Å². The van der Waals surface area contributed by atoms with Crippen molar-refractivity contribution >= 4 is 34.5 Å². The number of hydrogen-bond donors (Lipinski definition) is 1. The number of ketones is 1. The molecule has 0 bridgehead atoms. The first-order valence-corrected chi connectivity index (χ1v) is 12.2. The van der Waals surface area contributed by atoms with Crippen molar-refractivity contribution in [1.29, 1.82) is 0 Å². The maximum atomic E-state index is 13.6. The Morgan fingerprint density at radius 1 is 0.892 bits per heavy atom. The summed E-state index contributed by atoms with van der Waals surface area (Å²) in [4.78, 5) is 56.8. The highest BCUT2D eigenvalue weighted by Crippen LogP contribution is 2.30. The number of rotatable bonds is 8. The Morgan fingerprint density at radius 2 is 1.59 bits per heavy atom. The van der Waals surface area contributed by atoms with Crippen molar-refractivity contribution in [3.05, 3.63) is 107 Å². The van der Waals surface area contributed by atoms with Crippen LogP contribution in [0.25, 0.3) is 10.9 Å². The summed E-state index contributed by atoms with van der Waals surface area (Å²) in [6, 6.07) is 20.5. The molecule has 0 spiro atoms. The number of fused-ring (bicyclic) bond motifs is 2. The summed E-state index contributed by atoms with van der Waals surface area (Å²) in [5.74, 6) is -1.59. The van der Waals surface area contributed by atoms with Crippen LogP contribution in [0.15, 0.2) is 79.0 Å². The number of hydrogen-bond acceptors (Lipinski definition) is 5. The van der Waals surface area contributed by atoms with E-state index in [0.717, 1.165) is 10.9 Å². The molecule has 1 aromatic heterocycles. The first kappa shape index (κ1) is 24.2. The molecule has 37 heavy (non-hydrogen) atoms. The fraction of sp³-hybridized carbons (Fsp3) is 0.200. The molecule has 4 aromatic rings. The third-order valence-electron chi connectivity index (χ3n) is 6.56. The molecule has 186 valence electrons. The number of H-pyrrole nitrogens is 1. The fourth-order valence-electron chi connectivity index (χ4n) is 4.50. The zero-order valence-corrected chi connectivity index (χ0v) is 20.6. The van der Waals surface area contributed by atoms with Gasteiger partial charge in [-0.1, -0.05) is 62.4 Å². The van der Waals surface area contributed by atoms with Gasteiger partial charge in [-0.15, -0.1) is 0 Å². The molecule has 0 radical (unpaired) electrons. The van der Waals surface area contributed by atoms with Crippen molar-refractivity contribution in [2.45, 2.75) is 26.4 Å². The molecule has 7 heteroatoms. The zero-order valence-electron chi connectivity index (χ0n) is 20.6. The van der Waals surface area contributed by atoms with Crippen LogP contribution in [0.3, 0.4) is 0 Å². The van der Waals surface area contributed by atoms with Crippen molar-refractivity contribution < 1.29 is 23.9 Å². The summed E-state index contributed by atoms with van der Waals surface area (Å²) in [7, 11) is 0. The molecule has 0 saturated heterocycles. The summed E-state index contributed by atoms with van der Waals surface area (Å²) in [5, 5.41) is 0.729. The van der Waals surface area contributed by atoms with Crippen LogP contribution in [-0.4, -0.2) is 40.0 Å². The van der Waals surface area contributed by atoms with Gasteiger partial charge in [-0.05, 0) is 36.6 Å². The molecule has 1 aliphatic heterocycles. The van der Waals surface area contributed by atoms with Crippen LogP contribution in [0.4, 0.5) is 0 Å². The normalized spacial score (nSPS) is 13.8. The first-order valence-electron chi connectivity index (χ1n) is 12.2. The monoisotopic (exact) mass is 494 g/mol. The summed E-state index contributed by atoms with van der Waals surface area (Å²) in [6.07, 6.45) is 1.11. The molecular formula is C30H26N2O5. The maximum absolute atomic E-state index is 13.6. The number of carbonyl (C=O) groups excluding carboxylic acids is 4. The first-order chi connectivity index (χ1) is 17.8. The van der Waals surface area contributed by atoms with E-state index in [1.165, 1.54) is 23.1 Å². The summed E-state index contributed by atoms with van der Waals surface area (Å²) >= 11 is 0. The van der Waals surface area contributed by atoms with E-state index in [4.69, 9.17) is 4.74 Å². The number of amides is 2. The third-order valence-corrected chi connectivity index (χ3v) is 6.56. The molecule has 0 aliphatic carbocycles. The van der Waals surface area contributed by atoms with Gasteiger partial charge >= 0.3 is 5.97 Å². The minimum Gasteiger partial charge on any atom is -0.445 e. The zero-order chi connectivity index (χ0) is 26.1. The van der Waals surface area contributed by atoms with Gasteiger partial charge in [0.2, 0.25) is 5.78 Å². The van der Waals surface area contributed by atoms with Gasteiger partial charge in [0, 0.05) is 34.8 Å². The number of aromatic amines is 1. The third kappa shape index (κ3) is 4.56. The lowest BCUT2D eigenvalue weighted by atomic mass is 9.99. The van der Waals surface area contributed by atoms with E-state index < -0.39 is 18.0 Å². The second kappa shape index (κ2) is 9.85. The number of ether oxygens (including phenoxy) is 1. The SMILES string of the molecule is CC(C)CCN1C(=O)c2ccc(C(=O)OC(C(=O)c3c[nH]c4ccccc34)c3ccccc3)cc2C1=O. The van der Waals surface area contributed by atoms with E-state index in [9.17, 15) is 19.2 Å². The van der Waals surface area contributed by atoms with Crippen molar-refractivity contribution in [1.82, 2.24) is 9.88 Å². The number of imide groups is 1. The fourth-order valence-corrected chi connectivity index (χ4v) is 4.50. The van der Waals surface area contributed by atoms with Gasteiger partial charge in [0.25, 0.3) is 11.8 Å². The van der Waals surface area contributed by atoms with Crippen LogP contribution in [0, 0.1) is 5.92 Å². The number of nitrogens with one attached hydrogen (secondary N) is 1. The van der Waals surface area contributed by atoms with Crippen molar-refractivity contribution in [3.63, 3.8) is 0 Å². The second-order valence-electron chi connectivity index (χ2n) is 9.51. The number of Topliss-reactive ketones (excluding diaryl/α,β-unsaturated/α-hetero) is 1. The molecule has 1 aliphatic rings. The van der Waals surface area contributed by atoms with Crippen LogP contribution < -0.4 is 0 Å². The van der Waals surface area contributed by atoms with Crippen LogP contribution in [0.5, 0.6) is 0 Å². The van der Waals surface area contributed by atoms with Crippen LogP contribution in [0.1, 0.15) is 73.4 Å². The largest absolute Gasteiger partial charge is 0.445 e. The van der Waals surface area contributed by atoms with E-state index in [-0.39, 0.29) is 28.4 Å². The smallest absolute Gasteiger partial charge is 0.339 e. The lowest BCUT2D eigenvalue weighted by molar-refractivity contribution is 0.0280. The highest BCUT2D eigenvalue weighted by molar-refractivity contribution is 6.22. The van der Waals surface area contributed by atoms with E-state index in [0.29, 0.717) is 30.0 Å². The molecule has 0 fully saturated rings. The Hall–Kier alpha value is -4.52. The van der Waals surface area contributed by atoms with Crippen LogP contribution in [-0.2, 0) is 4.74 Å². The molecule has 2 heterocycles. The molecule has 1 atom stereocenters. The van der Waals surface area contributed by atoms with E-state index in [1.807, 2.05) is 44.2 Å². The highest BCUT2D eigenvalue weighted by atomic mass is 16.5. The minimum atomic E-state index is -1.19. The van der Waals surface area contributed by atoms with Gasteiger partial charge in [-0.25, -0.2) is 4.79 Å². The molecule has 1 N–H and O–H groups in total. The van der Waals surface area contributed by atoms with E-state index >= 15 is 0 Å². The average Bonchev–Trinajstić information content (AvgIpc) is 3.44.